The predicted octanol–water partition coefficient (Wildman–Crippen LogP) is 2.84. The smallest absolute Gasteiger partial charge is 0.304 e. The maximum Gasteiger partial charge on any atom is 0.304 e. The Morgan fingerprint density at radius 3 is 1.50 bits per heavy atom. The lowest BCUT2D eigenvalue weighted by atomic mass is 9.87. The van der Waals surface area contributed by atoms with E-state index in [0.29, 0.717) is 17.5 Å². The Labute approximate surface area is 152 Å². The molecule has 4 rings (SSSR count). The van der Waals surface area contributed by atoms with Gasteiger partial charge in [0.25, 0.3) is 0 Å². The summed E-state index contributed by atoms with van der Waals surface area (Å²) in [6.07, 6.45) is 0. The molecule has 0 amide bonds. The highest BCUT2D eigenvalue weighted by Gasteiger charge is 2.12. The predicted molar refractivity (Wildman–Crippen MR) is 105 cm³/mol. The van der Waals surface area contributed by atoms with E-state index in [9.17, 15) is 5.02 Å². The molecule has 0 saturated carbocycles. The average Bonchev–Trinajstić information content (AvgIpc) is 2.75. The maximum atomic E-state index is 9.42. The second-order valence-corrected chi connectivity index (χ2v) is 5.90. The summed E-state index contributed by atoms with van der Waals surface area (Å²) in [5.74, 6) is 1.85. The third kappa shape index (κ3) is 3.39. The van der Waals surface area contributed by atoms with Crippen LogP contribution >= 0.6 is 0 Å². The lowest BCUT2D eigenvalue weighted by molar-refractivity contribution is 0.615. The molecular formula is C21H16BN3O. The Morgan fingerprint density at radius 2 is 1.00 bits per heavy atom. The van der Waals surface area contributed by atoms with Crippen LogP contribution < -0.4 is 5.46 Å². The van der Waals surface area contributed by atoms with Crippen molar-refractivity contribution in [2.45, 2.75) is 0 Å². The highest BCUT2D eigenvalue weighted by molar-refractivity contribution is 6.45. The first kappa shape index (κ1) is 16.2. The molecule has 0 aliphatic carbocycles. The van der Waals surface area contributed by atoms with Gasteiger partial charge in [0.2, 0.25) is 0 Å². The average molecular weight is 337 g/mol. The molecule has 0 spiro atoms. The zero-order valence-electron chi connectivity index (χ0n) is 14.1. The molecule has 0 aliphatic rings. The van der Waals surface area contributed by atoms with Crippen molar-refractivity contribution < 1.29 is 5.02 Å². The van der Waals surface area contributed by atoms with Crippen molar-refractivity contribution in [1.82, 2.24) is 15.0 Å². The maximum absolute atomic E-state index is 9.42. The molecule has 0 bridgehead atoms. The Balaban J connectivity index is 1.90. The summed E-state index contributed by atoms with van der Waals surface area (Å²) in [4.78, 5) is 14.0. The molecule has 5 heteroatoms. The van der Waals surface area contributed by atoms with E-state index in [2.05, 4.69) is 15.0 Å². The molecule has 124 valence electrons. The molecule has 0 radical (unpaired) electrons. The van der Waals surface area contributed by atoms with E-state index >= 15 is 0 Å². The number of hydrogen-bond donors (Lipinski definition) is 1. The largest absolute Gasteiger partial charge is 0.449 e. The minimum absolute atomic E-state index is 0.0178. The van der Waals surface area contributed by atoms with E-state index in [0.717, 1.165) is 22.2 Å². The number of nitrogens with zero attached hydrogens (tertiary/aromatic N) is 3. The first-order valence-corrected chi connectivity index (χ1v) is 8.40. The molecule has 0 aliphatic heterocycles. The molecule has 4 aromatic rings. The van der Waals surface area contributed by atoms with E-state index in [1.165, 1.54) is 0 Å². The molecule has 0 fully saturated rings. The van der Waals surface area contributed by atoms with Gasteiger partial charge in [-0.3, -0.25) is 0 Å². The third-order valence-electron chi connectivity index (χ3n) is 4.07. The first-order valence-electron chi connectivity index (χ1n) is 8.40. The zero-order chi connectivity index (χ0) is 17.8. The van der Waals surface area contributed by atoms with Crippen molar-refractivity contribution in [2.24, 2.45) is 0 Å². The highest BCUT2D eigenvalue weighted by Crippen LogP contribution is 2.23. The van der Waals surface area contributed by atoms with Crippen molar-refractivity contribution in [2.75, 3.05) is 0 Å². The fourth-order valence-corrected chi connectivity index (χ4v) is 2.75. The van der Waals surface area contributed by atoms with Gasteiger partial charge in [0.1, 0.15) is 0 Å². The molecule has 0 saturated heterocycles. The Morgan fingerprint density at radius 1 is 0.538 bits per heavy atom. The molecule has 3 aromatic carbocycles. The third-order valence-corrected chi connectivity index (χ3v) is 4.07. The number of hydrogen-bond acceptors (Lipinski definition) is 4. The summed E-state index contributed by atoms with van der Waals surface area (Å²) in [5, 5.41) is 9.42. The molecule has 1 heterocycles. The van der Waals surface area contributed by atoms with Crippen LogP contribution in [0, 0.1) is 0 Å². The minimum Gasteiger partial charge on any atom is -0.449 e. The van der Waals surface area contributed by atoms with E-state index in [-0.39, 0.29) is 7.48 Å². The summed E-state index contributed by atoms with van der Waals surface area (Å²) in [6.45, 7) is 0. The van der Waals surface area contributed by atoms with E-state index in [1.54, 1.807) is 0 Å². The fraction of sp³-hybridized carbons (Fsp3) is 0. The minimum atomic E-state index is -0.0178. The van der Waals surface area contributed by atoms with Gasteiger partial charge in [-0.15, -0.1) is 0 Å². The van der Waals surface area contributed by atoms with Gasteiger partial charge in [-0.1, -0.05) is 90.4 Å². The van der Waals surface area contributed by atoms with Crippen LogP contribution in [0.15, 0.2) is 84.9 Å². The molecule has 26 heavy (non-hydrogen) atoms. The second kappa shape index (κ2) is 7.29. The topological polar surface area (TPSA) is 58.9 Å². The van der Waals surface area contributed by atoms with Crippen molar-refractivity contribution in [3.8, 4) is 34.2 Å². The Bertz CT molecular complexity index is 966. The van der Waals surface area contributed by atoms with Crippen LogP contribution in [0.4, 0.5) is 0 Å². The highest BCUT2D eigenvalue weighted by atomic mass is 16.2. The van der Waals surface area contributed by atoms with E-state index in [4.69, 9.17) is 0 Å². The molecule has 0 atom stereocenters. The molecule has 4 nitrogen and oxygen atoms in total. The molecule has 0 unspecified atom stereocenters. The fourth-order valence-electron chi connectivity index (χ4n) is 2.75. The van der Waals surface area contributed by atoms with E-state index in [1.807, 2.05) is 84.9 Å². The summed E-state index contributed by atoms with van der Waals surface area (Å²) in [6, 6.07) is 27.4. The van der Waals surface area contributed by atoms with Gasteiger partial charge in [0, 0.05) is 16.7 Å². The number of benzene rings is 3. The van der Waals surface area contributed by atoms with Gasteiger partial charge < -0.3 is 5.02 Å². The van der Waals surface area contributed by atoms with Crippen molar-refractivity contribution in [3.63, 3.8) is 0 Å². The summed E-state index contributed by atoms with van der Waals surface area (Å²) >= 11 is 0. The summed E-state index contributed by atoms with van der Waals surface area (Å²) in [7, 11) is -0.0178. The van der Waals surface area contributed by atoms with Crippen molar-refractivity contribution in [3.05, 3.63) is 84.9 Å². The van der Waals surface area contributed by atoms with Crippen LogP contribution in [0.25, 0.3) is 34.2 Å². The van der Waals surface area contributed by atoms with Gasteiger partial charge in [0.15, 0.2) is 17.5 Å². The molecule has 1 N–H and O–H groups in total. The van der Waals surface area contributed by atoms with Gasteiger partial charge in [-0.2, -0.15) is 0 Å². The zero-order valence-corrected chi connectivity index (χ0v) is 14.1. The van der Waals surface area contributed by atoms with E-state index < -0.39 is 0 Å². The summed E-state index contributed by atoms with van der Waals surface area (Å²) < 4.78 is 0. The van der Waals surface area contributed by atoms with Gasteiger partial charge in [-0.25, -0.2) is 15.0 Å². The van der Waals surface area contributed by atoms with Crippen LogP contribution in [0.1, 0.15) is 0 Å². The Kier molecular flexibility index (Phi) is 4.54. The van der Waals surface area contributed by atoms with Crippen LogP contribution in [0.3, 0.4) is 0 Å². The first-order chi connectivity index (χ1) is 12.8. The number of rotatable bonds is 4. The van der Waals surface area contributed by atoms with Crippen molar-refractivity contribution >= 4 is 12.9 Å². The molecule has 1 aromatic heterocycles. The lowest BCUT2D eigenvalue weighted by Crippen LogP contribution is -2.13. The molecular weight excluding hydrogens is 321 g/mol. The van der Waals surface area contributed by atoms with Crippen molar-refractivity contribution in [1.29, 1.82) is 0 Å². The quantitative estimate of drug-likeness (QED) is 0.582. The SMILES string of the molecule is OBc1cccc(-c2nc(-c3ccccc3)nc(-c3ccccc3)n2)c1. The lowest BCUT2D eigenvalue weighted by Gasteiger charge is -2.08. The van der Waals surface area contributed by atoms with Gasteiger partial charge in [-0.05, 0) is 0 Å². The normalized spacial score (nSPS) is 10.5. The van der Waals surface area contributed by atoms with Gasteiger partial charge >= 0.3 is 7.48 Å². The van der Waals surface area contributed by atoms with Crippen LogP contribution in [-0.2, 0) is 0 Å². The second-order valence-electron chi connectivity index (χ2n) is 5.90. The summed E-state index contributed by atoms with van der Waals surface area (Å²) in [5.41, 5.74) is 3.55. The van der Waals surface area contributed by atoms with Crippen LogP contribution in [0.2, 0.25) is 0 Å². The Hall–Kier alpha value is -3.31. The number of aromatic nitrogens is 3. The van der Waals surface area contributed by atoms with Gasteiger partial charge in [0.05, 0.1) is 0 Å². The van der Waals surface area contributed by atoms with Crippen LogP contribution in [0.5, 0.6) is 0 Å². The monoisotopic (exact) mass is 337 g/mol. The standard InChI is InChI=1S/C21H16BN3O/c26-22-18-13-7-12-17(14-18)21-24-19(15-8-3-1-4-9-15)23-20(25-21)16-10-5-2-6-11-16/h1-14,22,26H. The van der Waals surface area contributed by atoms with Crippen LogP contribution in [-0.4, -0.2) is 27.5 Å².